The molecule has 0 aromatic carbocycles. The summed E-state index contributed by atoms with van der Waals surface area (Å²) in [6, 6.07) is 8.43. The zero-order valence-electron chi connectivity index (χ0n) is 36.2. The van der Waals surface area contributed by atoms with E-state index in [1.165, 1.54) is 52.9 Å². The van der Waals surface area contributed by atoms with Crippen molar-refractivity contribution in [3.05, 3.63) is 115 Å². The Morgan fingerprint density at radius 2 is 1.27 bits per heavy atom. The fourth-order valence-electron chi connectivity index (χ4n) is 9.17. The molecule has 1 atom stereocenters. The number of H-pyrrole nitrogens is 1. The summed E-state index contributed by atoms with van der Waals surface area (Å²) in [5.41, 5.74) is 11.8. The van der Waals surface area contributed by atoms with Crippen LogP contribution in [0.1, 0.15) is 127 Å². The topological polar surface area (TPSA) is 167 Å². The van der Waals surface area contributed by atoms with E-state index in [-0.39, 0.29) is 17.8 Å². The molecule has 15 heteroatoms. The summed E-state index contributed by atoms with van der Waals surface area (Å²) in [6.07, 6.45) is 25.2. The summed E-state index contributed by atoms with van der Waals surface area (Å²) >= 11 is 3.39. The van der Waals surface area contributed by atoms with E-state index in [9.17, 15) is 9.59 Å². The molecule has 3 aliphatic rings. The maximum Gasteiger partial charge on any atom is 0.173 e. The number of hydrogen-bond acceptors (Lipinski definition) is 13. The second-order valence-corrected chi connectivity index (χ2v) is 19.4. The number of thiophene rings is 2. The molecule has 13 nitrogen and oxygen atoms in total. The highest BCUT2D eigenvalue weighted by Gasteiger charge is 2.23. The van der Waals surface area contributed by atoms with E-state index < -0.39 is 0 Å². The molecular weight excluding hydrogens is 841 g/mol. The molecule has 8 aromatic heterocycles. The molecule has 1 N–H and O–H groups in total. The summed E-state index contributed by atoms with van der Waals surface area (Å²) in [6.45, 7) is 4.84. The lowest BCUT2D eigenvalue weighted by Gasteiger charge is -2.22. The molecule has 0 amide bonds. The van der Waals surface area contributed by atoms with Crippen LogP contribution in [-0.2, 0) is 43.3 Å². The summed E-state index contributed by atoms with van der Waals surface area (Å²) in [7, 11) is 0. The Kier molecular flexibility index (Phi) is 12.3. The third kappa shape index (κ3) is 8.80. The fraction of sp³-hybridized carbons (Fsp3) is 0.388. The van der Waals surface area contributed by atoms with Crippen LogP contribution in [0.5, 0.6) is 0 Å². The highest BCUT2D eigenvalue weighted by molar-refractivity contribution is 7.14. The predicted molar refractivity (Wildman–Crippen MR) is 249 cm³/mol. The number of aromatic nitrogens is 10. The normalized spacial score (nSPS) is 16.0. The molecule has 0 spiro atoms. The Morgan fingerprint density at radius 1 is 0.672 bits per heavy atom. The van der Waals surface area contributed by atoms with Gasteiger partial charge in [-0.15, -0.1) is 22.7 Å². The summed E-state index contributed by atoms with van der Waals surface area (Å²) < 4.78 is 7.79. The minimum atomic E-state index is -0.0716. The maximum absolute atomic E-state index is 12.9. The number of aryl methyl sites for hydroxylation is 8. The van der Waals surface area contributed by atoms with Crippen molar-refractivity contribution >= 4 is 56.3 Å². The van der Waals surface area contributed by atoms with Crippen molar-refractivity contribution < 1.29 is 14.3 Å². The second-order valence-electron chi connectivity index (χ2n) is 17.1. The average molecular weight is 891 g/mol. The number of pyridine rings is 2. The van der Waals surface area contributed by atoms with Gasteiger partial charge in [0.2, 0.25) is 0 Å². The number of Topliss-reactive ketones (excluding diaryl/α,β-unsaturated/α-hetero) is 2. The zero-order chi connectivity index (χ0) is 43.6. The van der Waals surface area contributed by atoms with Crippen molar-refractivity contribution in [2.24, 2.45) is 0 Å². The molecule has 0 bridgehead atoms. The molecule has 326 valence electrons. The summed E-state index contributed by atoms with van der Waals surface area (Å²) in [5, 5.41) is 13.3. The van der Waals surface area contributed by atoms with E-state index >= 15 is 0 Å². The number of nitrogens with zero attached hydrogens (tertiary/aromatic N) is 9. The van der Waals surface area contributed by atoms with Crippen LogP contribution in [0, 0.1) is 13.8 Å². The van der Waals surface area contributed by atoms with Crippen LogP contribution >= 0.6 is 22.7 Å². The van der Waals surface area contributed by atoms with Crippen molar-refractivity contribution in [2.45, 2.75) is 116 Å². The van der Waals surface area contributed by atoms with Gasteiger partial charge in [-0.05, 0) is 144 Å². The van der Waals surface area contributed by atoms with Crippen molar-refractivity contribution in [2.75, 3.05) is 6.61 Å². The van der Waals surface area contributed by atoms with Gasteiger partial charge in [0.25, 0.3) is 0 Å². The SMILES string of the molecule is Cc1cc(-c2ncnc3[nH]ncc23)cnc1CCC(=O)c1cc2c(s1)CCCC2.Cc1cc(-c2ncnc3c2cnn3C2CCCCO2)cnc1CCC(=O)c1cc2c(s1)CCCC2. The van der Waals surface area contributed by atoms with E-state index in [1.54, 1.807) is 35.2 Å². The first kappa shape index (κ1) is 42.1. The van der Waals surface area contributed by atoms with Gasteiger partial charge in [0.15, 0.2) is 29.1 Å². The molecule has 0 radical (unpaired) electrons. The largest absolute Gasteiger partial charge is 0.356 e. The number of fused-ring (bicyclic) bond motifs is 4. The highest BCUT2D eigenvalue weighted by Crippen LogP contribution is 2.34. The lowest BCUT2D eigenvalue weighted by atomic mass is 9.98. The van der Waals surface area contributed by atoms with E-state index in [2.05, 4.69) is 71.4 Å². The third-order valence-electron chi connectivity index (χ3n) is 12.7. The van der Waals surface area contributed by atoms with Crippen LogP contribution in [0.15, 0.2) is 61.7 Å². The van der Waals surface area contributed by atoms with Gasteiger partial charge in [-0.25, -0.2) is 24.6 Å². The number of rotatable bonds is 11. The van der Waals surface area contributed by atoms with Crippen molar-refractivity contribution in [3.63, 3.8) is 0 Å². The second kappa shape index (κ2) is 18.7. The minimum absolute atomic E-state index is 0.0716. The number of aromatic amines is 1. The monoisotopic (exact) mass is 890 g/mol. The lowest BCUT2D eigenvalue weighted by molar-refractivity contribution is -0.0370. The number of hydrogen-bond donors (Lipinski definition) is 1. The number of carbonyl (C=O) groups excluding carboxylic acids is 2. The number of ether oxygens (including phenoxy) is 1. The third-order valence-corrected chi connectivity index (χ3v) is 15.3. The van der Waals surface area contributed by atoms with Gasteiger partial charge in [-0.3, -0.25) is 24.7 Å². The molecule has 8 aromatic rings. The molecule has 0 saturated carbocycles. The minimum Gasteiger partial charge on any atom is -0.356 e. The molecule has 1 unspecified atom stereocenters. The van der Waals surface area contributed by atoms with Gasteiger partial charge >= 0.3 is 0 Å². The fourth-order valence-corrected chi connectivity index (χ4v) is 11.6. The van der Waals surface area contributed by atoms with Crippen LogP contribution in [0.4, 0.5) is 0 Å². The highest BCUT2D eigenvalue weighted by atomic mass is 32.1. The van der Waals surface area contributed by atoms with Crippen molar-refractivity contribution in [1.29, 1.82) is 0 Å². The van der Waals surface area contributed by atoms with Gasteiger partial charge in [0, 0.05) is 64.1 Å². The Balaban J connectivity index is 0.000000154. The molecule has 1 aliphatic heterocycles. The van der Waals surface area contributed by atoms with Gasteiger partial charge in [-0.1, -0.05) is 0 Å². The first-order valence-electron chi connectivity index (χ1n) is 22.5. The van der Waals surface area contributed by atoms with Crippen LogP contribution in [0.2, 0.25) is 0 Å². The van der Waals surface area contributed by atoms with Crippen LogP contribution in [0.3, 0.4) is 0 Å². The number of carbonyl (C=O) groups is 2. The van der Waals surface area contributed by atoms with Crippen molar-refractivity contribution in [3.8, 4) is 22.5 Å². The van der Waals surface area contributed by atoms with E-state index in [1.807, 2.05) is 30.2 Å². The smallest absolute Gasteiger partial charge is 0.173 e. The molecule has 1 fully saturated rings. The first-order valence-corrected chi connectivity index (χ1v) is 24.1. The van der Waals surface area contributed by atoms with Gasteiger partial charge in [0.1, 0.15) is 12.7 Å². The molecule has 11 rings (SSSR count). The Labute approximate surface area is 379 Å². The summed E-state index contributed by atoms with van der Waals surface area (Å²) in [5.74, 6) is 0.454. The Bertz CT molecular complexity index is 2950. The molecule has 64 heavy (non-hydrogen) atoms. The summed E-state index contributed by atoms with van der Waals surface area (Å²) in [4.78, 5) is 57.2. The Morgan fingerprint density at radius 3 is 1.84 bits per heavy atom. The number of nitrogens with one attached hydrogen (secondary N) is 1. The maximum atomic E-state index is 12.9. The Hall–Kier alpha value is -5.90. The quantitative estimate of drug-likeness (QED) is 0.123. The van der Waals surface area contributed by atoms with Crippen molar-refractivity contribution in [1.82, 2.24) is 49.9 Å². The predicted octanol–water partition coefficient (Wildman–Crippen LogP) is 10.1. The van der Waals surface area contributed by atoms with Crippen LogP contribution in [0.25, 0.3) is 44.6 Å². The van der Waals surface area contributed by atoms with Crippen LogP contribution < -0.4 is 0 Å². The standard InChI is InChI=1S/C27H29N5O2S.C22H21N5OS/c1-17-12-19(26-20-15-31-32(27(20)30-16-29-26)25-8-4-5-11-34-25)14-28-21(17)9-10-22(33)24-13-18-6-2-3-7-23(18)35-24;1-13-8-15(21-16-11-26-27-22(16)25-12-24-21)10-23-17(13)6-7-18(28)20-9-14-4-2-3-5-19(14)29-20/h12-16,25H,2-11H2,1H3;8-12H,2-7H2,1H3,(H,24,25,26,27). The lowest BCUT2D eigenvalue weighted by Crippen LogP contribution is -2.19. The first-order chi connectivity index (χ1) is 31.4. The van der Waals surface area contributed by atoms with Gasteiger partial charge in [-0.2, -0.15) is 10.2 Å². The number of ketones is 2. The van der Waals surface area contributed by atoms with Crippen LogP contribution in [-0.4, -0.2) is 68.1 Å². The van der Waals surface area contributed by atoms with Gasteiger partial charge in [0.05, 0.1) is 44.3 Å². The van der Waals surface area contributed by atoms with Gasteiger partial charge < -0.3 is 4.74 Å². The van der Waals surface area contributed by atoms with E-state index in [0.717, 1.165) is 123 Å². The zero-order valence-corrected chi connectivity index (χ0v) is 37.9. The molecular formula is C49H50N10O3S2. The molecule has 2 aliphatic carbocycles. The molecule has 1 saturated heterocycles. The van der Waals surface area contributed by atoms with E-state index in [0.29, 0.717) is 31.3 Å². The van der Waals surface area contributed by atoms with E-state index in [4.69, 9.17) is 9.72 Å². The molecule has 9 heterocycles. The average Bonchev–Trinajstić information content (AvgIpc) is 4.16.